The third-order valence-corrected chi connectivity index (χ3v) is 4.53. The van der Waals surface area contributed by atoms with E-state index in [4.69, 9.17) is 0 Å². The van der Waals surface area contributed by atoms with Crippen molar-refractivity contribution in [2.24, 2.45) is 0 Å². The molecule has 1 heterocycles. The molecule has 70 valence electrons. The Bertz CT molecular complexity index is 244. The molecule has 0 atom stereocenters. The molecule has 0 aliphatic carbocycles. The zero-order valence-electron chi connectivity index (χ0n) is 7.48. The van der Waals surface area contributed by atoms with Gasteiger partial charge in [0, 0.05) is 18.8 Å². The molecule has 0 amide bonds. The van der Waals surface area contributed by atoms with Gasteiger partial charge in [-0.25, -0.2) is 4.31 Å². The average Bonchev–Trinajstić information content (AvgIpc) is 2.21. The van der Waals surface area contributed by atoms with Crippen LogP contribution in [-0.2, 0) is 6.54 Å². The smallest absolute Gasteiger partial charge is 0.0348 e. The van der Waals surface area contributed by atoms with Gasteiger partial charge in [0.25, 0.3) is 0 Å². The molecule has 1 saturated heterocycles. The highest BCUT2D eigenvalue weighted by molar-refractivity contribution is 8.75. The first kappa shape index (κ1) is 9.44. The minimum atomic E-state index is 1.08. The first-order valence-electron chi connectivity index (χ1n) is 4.53. The Morgan fingerprint density at radius 1 is 1.23 bits per heavy atom. The third-order valence-electron chi connectivity index (χ3n) is 2.00. The van der Waals surface area contributed by atoms with Crippen molar-refractivity contribution >= 4 is 21.8 Å². The van der Waals surface area contributed by atoms with E-state index < -0.39 is 0 Å². The van der Waals surface area contributed by atoms with Crippen molar-refractivity contribution in [3.8, 4) is 0 Å². The predicted octanol–water partition coefficient (Wildman–Crippen LogP) is 3.19. The Kier molecular flexibility index (Phi) is 3.58. The van der Waals surface area contributed by atoms with E-state index in [1.807, 2.05) is 21.8 Å². The lowest BCUT2D eigenvalue weighted by molar-refractivity contribution is 0.468. The van der Waals surface area contributed by atoms with Gasteiger partial charge in [0.05, 0.1) is 0 Å². The number of rotatable bonds is 2. The van der Waals surface area contributed by atoms with E-state index >= 15 is 0 Å². The van der Waals surface area contributed by atoms with Crippen molar-refractivity contribution in [1.29, 1.82) is 0 Å². The van der Waals surface area contributed by atoms with E-state index in [2.05, 4.69) is 34.6 Å². The summed E-state index contributed by atoms with van der Waals surface area (Å²) < 4.78 is 2.43. The number of hydrogen-bond donors (Lipinski definition) is 0. The van der Waals surface area contributed by atoms with Gasteiger partial charge in [-0.1, -0.05) is 41.1 Å². The summed E-state index contributed by atoms with van der Waals surface area (Å²) in [6, 6.07) is 10.7. The zero-order chi connectivity index (χ0) is 8.93. The van der Waals surface area contributed by atoms with Crippen molar-refractivity contribution in [3.05, 3.63) is 35.9 Å². The molecule has 1 nitrogen and oxygen atoms in total. The summed E-state index contributed by atoms with van der Waals surface area (Å²) in [5.41, 5.74) is 1.41. The van der Waals surface area contributed by atoms with Crippen LogP contribution in [-0.4, -0.2) is 16.6 Å². The highest BCUT2D eigenvalue weighted by Gasteiger charge is 2.11. The first-order valence-corrected chi connectivity index (χ1v) is 6.81. The van der Waals surface area contributed by atoms with Gasteiger partial charge < -0.3 is 0 Å². The van der Waals surface area contributed by atoms with E-state index in [0.717, 1.165) is 6.54 Å². The summed E-state index contributed by atoms with van der Waals surface area (Å²) in [7, 11) is 3.87. The minimum Gasteiger partial charge on any atom is -0.237 e. The maximum Gasteiger partial charge on any atom is 0.0348 e. The Morgan fingerprint density at radius 2 is 2.08 bits per heavy atom. The van der Waals surface area contributed by atoms with Crippen LogP contribution in [0, 0.1) is 0 Å². The molecule has 0 aromatic heterocycles. The van der Waals surface area contributed by atoms with Gasteiger partial charge in [0.1, 0.15) is 0 Å². The van der Waals surface area contributed by atoms with Crippen molar-refractivity contribution < 1.29 is 0 Å². The monoisotopic (exact) mass is 211 g/mol. The maximum atomic E-state index is 2.43. The minimum absolute atomic E-state index is 1.08. The van der Waals surface area contributed by atoms with Crippen LogP contribution in [0.4, 0.5) is 0 Å². The quantitative estimate of drug-likeness (QED) is 0.546. The lowest BCUT2D eigenvalue weighted by Gasteiger charge is -2.24. The molecule has 0 spiro atoms. The van der Waals surface area contributed by atoms with Gasteiger partial charge in [-0.2, -0.15) is 0 Å². The van der Waals surface area contributed by atoms with Crippen molar-refractivity contribution in [2.45, 2.75) is 13.0 Å². The average molecular weight is 211 g/mol. The summed E-state index contributed by atoms with van der Waals surface area (Å²) in [6.07, 6.45) is 1.32. The molecular weight excluding hydrogens is 198 g/mol. The third kappa shape index (κ3) is 2.93. The number of hydrogen-bond acceptors (Lipinski definition) is 3. The Labute approximate surface area is 87.4 Å². The summed E-state index contributed by atoms with van der Waals surface area (Å²) in [5.74, 6) is 1.30. The first-order chi connectivity index (χ1) is 6.45. The zero-order valence-corrected chi connectivity index (χ0v) is 9.11. The fourth-order valence-corrected chi connectivity index (χ4v) is 3.62. The Morgan fingerprint density at radius 3 is 2.77 bits per heavy atom. The van der Waals surface area contributed by atoms with E-state index in [-0.39, 0.29) is 0 Å². The fourth-order valence-electron chi connectivity index (χ4n) is 1.34. The Balaban J connectivity index is 1.90. The molecule has 0 N–H and O–H groups in total. The van der Waals surface area contributed by atoms with Crippen LogP contribution in [0.5, 0.6) is 0 Å². The summed E-state index contributed by atoms with van der Waals surface area (Å²) in [4.78, 5) is 0. The van der Waals surface area contributed by atoms with Gasteiger partial charge in [-0.3, -0.25) is 0 Å². The van der Waals surface area contributed by atoms with Gasteiger partial charge >= 0.3 is 0 Å². The van der Waals surface area contributed by atoms with Crippen LogP contribution >= 0.6 is 21.8 Å². The second-order valence-corrected chi connectivity index (χ2v) is 5.56. The van der Waals surface area contributed by atoms with E-state index in [1.165, 1.54) is 24.3 Å². The van der Waals surface area contributed by atoms with Gasteiger partial charge in [0.2, 0.25) is 0 Å². The van der Waals surface area contributed by atoms with Crippen molar-refractivity contribution in [1.82, 2.24) is 4.31 Å². The molecule has 3 heteroatoms. The molecule has 1 aliphatic rings. The molecule has 1 aromatic carbocycles. The van der Waals surface area contributed by atoms with Gasteiger partial charge in [0.15, 0.2) is 0 Å². The largest absolute Gasteiger partial charge is 0.237 e. The summed E-state index contributed by atoms with van der Waals surface area (Å²) in [6.45, 7) is 2.31. The lowest BCUT2D eigenvalue weighted by atomic mass is 10.2. The predicted molar refractivity (Wildman–Crippen MR) is 61.5 cm³/mol. The van der Waals surface area contributed by atoms with Crippen LogP contribution in [0.15, 0.2) is 30.3 Å². The van der Waals surface area contributed by atoms with E-state index in [1.54, 1.807) is 0 Å². The lowest BCUT2D eigenvalue weighted by Crippen LogP contribution is -2.19. The summed E-state index contributed by atoms with van der Waals surface area (Å²) in [5, 5.41) is 0. The van der Waals surface area contributed by atoms with Crippen LogP contribution < -0.4 is 0 Å². The van der Waals surface area contributed by atoms with Crippen LogP contribution in [0.25, 0.3) is 0 Å². The molecular formula is C10H13NS2. The number of benzene rings is 1. The molecule has 0 radical (unpaired) electrons. The molecule has 0 unspecified atom stereocenters. The van der Waals surface area contributed by atoms with Crippen LogP contribution in [0.1, 0.15) is 12.0 Å². The van der Waals surface area contributed by atoms with E-state index in [9.17, 15) is 0 Å². The summed E-state index contributed by atoms with van der Waals surface area (Å²) >= 11 is 0. The molecule has 1 aromatic rings. The second-order valence-electron chi connectivity index (χ2n) is 3.10. The second kappa shape index (κ2) is 4.94. The standard InChI is InChI=1S/C10H13NS2/c1-2-5-10(6-3-1)9-11-7-4-8-12-13-11/h1-3,5-6H,4,7-9H2. The molecule has 2 rings (SSSR count). The van der Waals surface area contributed by atoms with Gasteiger partial charge in [-0.05, 0) is 23.0 Å². The normalized spacial score (nSPS) is 18.8. The Hall–Kier alpha value is -0.120. The van der Waals surface area contributed by atoms with Crippen LogP contribution in [0.2, 0.25) is 0 Å². The van der Waals surface area contributed by atoms with E-state index in [0.29, 0.717) is 0 Å². The highest BCUT2D eigenvalue weighted by Crippen LogP contribution is 2.32. The van der Waals surface area contributed by atoms with Crippen molar-refractivity contribution in [3.63, 3.8) is 0 Å². The maximum absolute atomic E-state index is 2.43. The van der Waals surface area contributed by atoms with Gasteiger partial charge in [-0.15, -0.1) is 0 Å². The topological polar surface area (TPSA) is 3.24 Å². The molecule has 0 bridgehead atoms. The fraction of sp³-hybridized carbons (Fsp3) is 0.400. The number of nitrogens with zero attached hydrogens (tertiary/aromatic N) is 1. The SMILES string of the molecule is c1ccc(CN2CCCSS2)cc1. The van der Waals surface area contributed by atoms with Crippen molar-refractivity contribution in [2.75, 3.05) is 12.3 Å². The molecule has 1 fully saturated rings. The molecule has 1 aliphatic heterocycles. The van der Waals surface area contributed by atoms with Crippen LogP contribution in [0.3, 0.4) is 0 Å². The highest BCUT2D eigenvalue weighted by atomic mass is 33.1. The molecule has 0 saturated carbocycles. The molecule has 13 heavy (non-hydrogen) atoms.